The standard InChI is InChI=1S/C16H23N/c1-10-5-4-6-15(11(10)2)16(17-3)14-8-12-7-13(12)9-14/h4-6,12-14,16-17H,7-9H2,1-3H3. The predicted molar refractivity (Wildman–Crippen MR) is 72.0 cm³/mol. The summed E-state index contributed by atoms with van der Waals surface area (Å²) < 4.78 is 0. The SMILES string of the molecule is CNC(c1cccc(C)c1C)C1CC2CC2C1. The van der Waals surface area contributed by atoms with Crippen LogP contribution >= 0.6 is 0 Å². The lowest BCUT2D eigenvalue weighted by atomic mass is 9.86. The van der Waals surface area contributed by atoms with Crippen LogP contribution in [-0.4, -0.2) is 7.05 Å². The van der Waals surface area contributed by atoms with Crippen molar-refractivity contribution in [3.05, 3.63) is 34.9 Å². The van der Waals surface area contributed by atoms with Crippen LogP contribution in [0.15, 0.2) is 18.2 Å². The summed E-state index contributed by atoms with van der Waals surface area (Å²) in [6.07, 6.45) is 4.41. The lowest BCUT2D eigenvalue weighted by molar-refractivity contribution is 0.358. The minimum Gasteiger partial charge on any atom is -0.313 e. The Morgan fingerprint density at radius 1 is 1.12 bits per heavy atom. The zero-order valence-electron chi connectivity index (χ0n) is 11.2. The van der Waals surface area contributed by atoms with Crippen LogP contribution < -0.4 is 5.32 Å². The van der Waals surface area contributed by atoms with Crippen LogP contribution in [0.1, 0.15) is 42.0 Å². The van der Waals surface area contributed by atoms with Crippen molar-refractivity contribution in [2.45, 2.75) is 39.2 Å². The van der Waals surface area contributed by atoms with Crippen molar-refractivity contribution in [1.82, 2.24) is 5.32 Å². The Morgan fingerprint density at radius 3 is 2.47 bits per heavy atom. The summed E-state index contributed by atoms with van der Waals surface area (Å²) in [6, 6.07) is 7.31. The highest BCUT2D eigenvalue weighted by molar-refractivity contribution is 5.36. The fraction of sp³-hybridized carbons (Fsp3) is 0.625. The third-order valence-corrected chi connectivity index (χ3v) is 5.04. The van der Waals surface area contributed by atoms with Crippen molar-refractivity contribution in [3.8, 4) is 0 Å². The van der Waals surface area contributed by atoms with E-state index in [-0.39, 0.29) is 0 Å². The Morgan fingerprint density at radius 2 is 1.82 bits per heavy atom. The first-order valence-corrected chi connectivity index (χ1v) is 6.94. The number of rotatable bonds is 3. The molecule has 0 radical (unpaired) electrons. The lowest BCUT2D eigenvalue weighted by Crippen LogP contribution is -2.25. The highest BCUT2D eigenvalue weighted by atomic mass is 14.9. The maximum atomic E-state index is 3.57. The Hall–Kier alpha value is -0.820. The quantitative estimate of drug-likeness (QED) is 0.835. The summed E-state index contributed by atoms with van der Waals surface area (Å²) in [4.78, 5) is 0. The van der Waals surface area contributed by atoms with E-state index in [0.29, 0.717) is 6.04 Å². The molecule has 1 N–H and O–H groups in total. The van der Waals surface area contributed by atoms with E-state index in [4.69, 9.17) is 0 Å². The molecule has 2 fully saturated rings. The second kappa shape index (κ2) is 4.13. The van der Waals surface area contributed by atoms with Gasteiger partial charge in [-0.3, -0.25) is 0 Å². The van der Waals surface area contributed by atoms with Gasteiger partial charge in [0.15, 0.2) is 0 Å². The van der Waals surface area contributed by atoms with Gasteiger partial charge in [0.2, 0.25) is 0 Å². The van der Waals surface area contributed by atoms with Crippen molar-refractivity contribution in [2.75, 3.05) is 7.05 Å². The molecular weight excluding hydrogens is 206 g/mol. The molecule has 0 aliphatic heterocycles. The highest BCUT2D eigenvalue weighted by Crippen LogP contribution is 2.57. The van der Waals surface area contributed by atoms with Gasteiger partial charge in [-0.15, -0.1) is 0 Å². The minimum absolute atomic E-state index is 0.572. The Kier molecular flexibility index (Phi) is 2.74. The average molecular weight is 229 g/mol. The molecule has 1 nitrogen and oxygen atoms in total. The van der Waals surface area contributed by atoms with Gasteiger partial charge in [-0.05, 0) is 74.6 Å². The van der Waals surface area contributed by atoms with Crippen LogP contribution in [0.4, 0.5) is 0 Å². The fourth-order valence-corrected chi connectivity index (χ4v) is 3.79. The first-order valence-electron chi connectivity index (χ1n) is 6.94. The number of aryl methyl sites for hydroxylation is 1. The van der Waals surface area contributed by atoms with Crippen LogP contribution in [0.25, 0.3) is 0 Å². The molecule has 1 aromatic rings. The van der Waals surface area contributed by atoms with E-state index in [1.165, 1.54) is 36.0 Å². The summed E-state index contributed by atoms with van der Waals surface area (Å²) in [6.45, 7) is 4.49. The van der Waals surface area contributed by atoms with Gasteiger partial charge in [-0.2, -0.15) is 0 Å². The van der Waals surface area contributed by atoms with Gasteiger partial charge in [0.1, 0.15) is 0 Å². The van der Waals surface area contributed by atoms with E-state index in [1.54, 1.807) is 0 Å². The zero-order chi connectivity index (χ0) is 12.0. The monoisotopic (exact) mass is 229 g/mol. The molecule has 3 unspecified atom stereocenters. The van der Waals surface area contributed by atoms with Gasteiger partial charge < -0.3 is 5.32 Å². The van der Waals surface area contributed by atoms with Crippen molar-refractivity contribution >= 4 is 0 Å². The van der Waals surface area contributed by atoms with E-state index in [2.05, 4.69) is 44.4 Å². The van der Waals surface area contributed by atoms with Crippen LogP contribution in [0.2, 0.25) is 0 Å². The van der Waals surface area contributed by atoms with Gasteiger partial charge in [0, 0.05) is 6.04 Å². The molecule has 1 heteroatoms. The number of hydrogen-bond donors (Lipinski definition) is 1. The van der Waals surface area contributed by atoms with Crippen LogP contribution in [0, 0.1) is 31.6 Å². The molecule has 17 heavy (non-hydrogen) atoms. The summed E-state index contributed by atoms with van der Waals surface area (Å²) >= 11 is 0. The first-order chi connectivity index (χ1) is 8.20. The molecule has 0 heterocycles. The average Bonchev–Trinajstić information content (AvgIpc) is 2.93. The van der Waals surface area contributed by atoms with Gasteiger partial charge in [0.25, 0.3) is 0 Å². The largest absolute Gasteiger partial charge is 0.313 e. The zero-order valence-corrected chi connectivity index (χ0v) is 11.2. The Bertz CT molecular complexity index is 414. The smallest absolute Gasteiger partial charge is 0.0349 e. The molecule has 2 aliphatic carbocycles. The summed E-state index contributed by atoms with van der Waals surface area (Å²) in [5.41, 5.74) is 4.43. The highest BCUT2D eigenvalue weighted by Gasteiger charge is 2.47. The van der Waals surface area contributed by atoms with Crippen LogP contribution in [0.5, 0.6) is 0 Å². The van der Waals surface area contributed by atoms with Gasteiger partial charge >= 0.3 is 0 Å². The van der Waals surface area contributed by atoms with Crippen molar-refractivity contribution in [1.29, 1.82) is 0 Å². The Balaban J connectivity index is 1.86. The van der Waals surface area contributed by atoms with Crippen molar-refractivity contribution < 1.29 is 0 Å². The van der Waals surface area contributed by atoms with E-state index in [9.17, 15) is 0 Å². The second-order valence-electron chi connectivity index (χ2n) is 6.04. The fourth-order valence-electron chi connectivity index (χ4n) is 3.79. The topological polar surface area (TPSA) is 12.0 Å². The molecule has 0 amide bonds. The summed E-state index contributed by atoms with van der Waals surface area (Å²) in [5, 5.41) is 3.57. The van der Waals surface area contributed by atoms with Crippen LogP contribution in [-0.2, 0) is 0 Å². The number of fused-ring (bicyclic) bond motifs is 1. The third-order valence-electron chi connectivity index (χ3n) is 5.04. The van der Waals surface area contributed by atoms with Crippen LogP contribution in [0.3, 0.4) is 0 Å². The lowest BCUT2D eigenvalue weighted by Gasteiger charge is -2.27. The molecular formula is C16H23N. The molecule has 0 saturated heterocycles. The molecule has 3 rings (SSSR count). The predicted octanol–water partition coefficient (Wildman–Crippen LogP) is 3.61. The van der Waals surface area contributed by atoms with E-state index >= 15 is 0 Å². The number of nitrogens with one attached hydrogen (secondary N) is 1. The molecule has 92 valence electrons. The molecule has 0 aromatic heterocycles. The van der Waals surface area contributed by atoms with Gasteiger partial charge in [0.05, 0.1) is 0 Å². The maximum Gasteiger partial charge on any atom is 0.0349 e. The van der Waals surface area contributed by atoms with Crippen molar-refractivity contribution in [2.24, 2.45) is 17.8 Å². The van der Waals surface area contributed by atoms with Gasteiger partial charge in [-0.1, -0.05) is 18.2 Å². The molecule has 0 spiro atoms. The van der Waals surface area contributed by atoms with E-state index in [1.807, 2.05) is 0 Å². The minimum atomic E-state index is 0.572. The summed E-state index contributed by atoms with van der Waals surface area (Å²) in [7, 11) is 2.12. The second-order valence-corrected chi connectivity index (χ2v) is 6.04. The number of hydrogen-bond acceptors (Lipinski definition) is 1. The molecule has 3 atom stereocenters. The maximum absolute atomic E-state index is 3.57. The van der Waals surface area contributed by atoms with Gasteiger partial charge in [-0.25, -0.2) is 0 Å². The van der Waals surface area contributed by atoms with Crippen molar-refractivity contribution in [3.63, 3.8) is 0 Å². The first kappa shape index (κ1) is 11.3. The van der Waals surface area contributed by atoms with E-state index in [0.717, 1.165) is 17.8 Å². The normalized spacial score (nSPS) is 32.3. The molecule has 1 aromatic carbocycles. The molecule has 2 saturated carbocycles. The Labute approximate surface area is 105 Å². The third kappa shape index (κ3) is 1.91. The van der Waals surface area contributed by atoms with E-state index < -0.39 is 0 Å². The molecule has 0 bridgehead atoms. The molecule has 2 aliphatic rings. The summed E-state index contributed by atoms with van der Waals surface area (Å²) in [5.74, 6) is 3.01. The number of benzene rings is 1.